The maximum Gasteiger partial charge on any atom is 0.0727 e. The van der Waals surface area contributed by atoms with Crippen molar-refractivity contribution in [1.82, 2.24) is 0 Å². The normalized spacial score (nSPS) is 13.8. The summed E-state index contributed by atoms with van der Waals surface area (Å²) in [7, 11) is 0. The Morgan fingerprint density at radius 1 is 0.467 bits per heavy atom. The average molecular weight is 779 g/mol. The van der Waals surface area contributed by atoms with Crippen LogP contribution in [0.25, 0.3) is 22.3 Å². The molecule has 2 aliphatic rings. The zero-order chi connectivity index (χ0) is 41.8. The number of benzene rings is 7. The zero-order valence-corrected chi connectivity index (χ0v) is 36.0. The molecule has 1 spiro atoms. The molecule has 60 heavy (non-hydrogen) atoms. The molecule has 0 N–H and O–H groups in total. The molecule has 2 aliphatic carbocycles. The first-order valence-electron chi connectivity index (χ1n) is 21.3. The van der Waals surface area contributed by atoms with Crippen LogP contribution in [0.2, 0.25) is 0 Å². The Labute approximate surface area is 357 Å². The van der Waals surface area contributed by atoms with Crippen molar-refractivity contribution in [3.8, 4) is 22.3 Å². The quantitative estimate of drug-likeness (QED) is 0.142. The molecule has 2 heteroatoms. The topological polar surface area (TPSA) is 6.48 Å². The predicted octanol–water partition coefficient (Wildman–Crippen LogP) is 15.9. The molecule has 0 aliphatic heterocycles. The highest BCUT2D eigenvalue weighted by atomic mass is 15.1. The Bertz CT molecular complexity index is 2690. The number of para-hydroxylation sites is 3. The van der Waals surface area contributed by atoms with E-state index in [-0.39, 0.29) is 10.8 Å². The van der Waals surface area contributed by atoms with E-state index in [4.69, 9.17) is 0 Å². The summed E-state index contributed by atoms with van der Waals surface area (Å²) in [6, 6.07) is 61.1. The fourth-order valence-electron chi connectivity index (χ4n) is 9.47. The number of hydrogen-bond donors (Lipinski definition) is 0. The maximum atomic E-state index is 4.31. The van der Waals surface area contributed by atoms with Crippen LogP contribution in [0.4, 0.5) is 28.4 Å². The SMILES string of the molecule is C=C/C(=C\C=C/C)N(c1ccccc1)c1ccc2c(c1)C1(c3cc(N(c4ccccc4)c4ccccc4)ccc3-2)c2cc(C(C)(C)C)ccc2-c2ccc(C(C)(C)C)cc21. The van der Waals surface area contributed by atoms with Gasteiger partial charge in [0, 0.05) is 34.1 Å². The van der Waals surface area contributed by atoms with Crippen LogP contribution >= 0.6 is 0 Å². The fourth-order valence-corrected chi connectivity index (χ4v) is 9.47. The van der Waals surface area contributed by atoms with Gasteiger partial charge < -0.3 is 9.80 Å². The van der Waals surface area contributed by atoms with E-state index in [0.29, 0.717) is 0 Å². The molecule has 7 aromatic rings. The first kappa shape index (κ1) is 38.9. The first-order valence-corrected chi connectivity index (χ1v) is 21.3. The van der Waals surface area contributed by atoms with Crippen LogP contribution in [0.5, 0.6) is 0 Å². The standard InChI is InChI=1S/C58H54N2/c1-9-11-21-42(10-2)59(43-22-15-12-16-23-43)46-30-34-50-51-35-31-47(60(44-24-17-13-18-25-44)45-26-19-14-20-27-45)39-55(51)58(54(50)38-46)52-36-40(56(3,4)5)28-32-48(52)49-33-29-41(37-53(49)58)57(6,7)8/h9-39H,2H2,1,3-8H3/b11-9-,42-21+. The summed E-state index contributed by atoms with van der Waals surface area (Å²) in [5, 5.41) is 0. The minimum Gasteiger partial charge on any atom is -0.311 e. The van der Waals surface area contributed by atoms with Crippen molar-refractivity contribution in [1.29, 1.82) is 0 Å². The summed E-state index contributed by atoms with van der Waals surface area (Å²) >= 11 is 0. The second kappa shape index (κ2) is 14.9. The van der Waals surface area contributed by atoms with Crippen molar-refractivity contribution in [2.75, 3.05) is 9.80 Å². The van der Waals surface area contributed by atoms with E-state index in [9.17, 15) is 0 Å². The molecule has 7 aromatic carbocycles. The average Bonchev–Trinajstić information content (AvgIpc) is 3.71. The van der Waals surface area contributed by atoms with Gasteiger partial charge in [-0.25, -0.2) is 0 Å². The van der Waals surface area contributed by atoms with Gasteiger partial charge in [0.15, 0.2) is 0 Å². The summed E-state index contributed by atoms with van der Waals surface area (Å²) < 4.78 is 0. The van der Waals surface area contributed by atoms with Gasteiger partial charge in [-0.15, -0.1) is 0 Å². The molecule has 0 bridgehead atoms. The monoisotopic (exact) mass is 778 g/mol. The summed E-state index contributed by atoms with van der Waals surface area (Å²) in [4.78, 5) is 4.74. The highest BCUT2D eigenvalue weighted by molar-refractivity contribution is 5.97. The van der Waals surface area contributed by atoms with Gasteiger partial charge in [0.25, 0.3) is 0 Å². The van der Waals surface area contributed by atoms with Crippen molar-refractivity contribution in [3.05, 3.63) is 234 Å². The third-order valence-corrected chi connectivity index (χ3v) is 12.5. The second-order valence-corrected chi connectivity index (χ2v) is 18.2. The van der Waals surface area contributed by atoms with Gasteiger partial charge in [-0.2, -0.15) is 0 Å². The number of anilines is 5. The molecule has 2 nitrogen and oxygen atoms in total. The lowest BCUT2D eigenvalue weighted by Gasteiger charge is -2.34. The highest BCUT2D eigenvalue weighted by Crippen LogP contribution is 2.64. The van der Waals surface area contributed by atoms with E-state index in [2.05, 4.69) is 247 Å². The molecule has 0 unspecified atom stereocenters. The van der Waals surface area contributed by atoms with Crippen molar-refractivity contribution < 1.29 is 0 Å². The minimum atomic E-state index is -0.605. The molecule has 0 radical (unpaired) electrons. The maximum absolute atomic E-state index is 4.31. The van der Waals surface area contributed by atoms with E-state index < -0.39 is 5.41 Å². The van der Waals surface area contributed by atoms with E-state index in [0.717, 1.165) is 34.1 Å². The molecule has 0 fully saturated rings. The lowest BCUT2D eigenvalue weighted by Crippen LogP contribution is -2.28. The van der Waals surface area contributed by atoms with Gasteiger partial charge in [0.1, 0.15) is 0 Å². The number of nitrogens with zero attached hydrogens (tertiary/aromatic N) is 2. The number of fused-ring (bicyclic) bond motifs is 10. The van der Waals surface area contributed by atoms with Crippen LogP contribution in [-0.2, 0) is 16.2 Å². The molecule has 0 atom stereocenters. The van der Waals surface area contributed by atoms with Crippen LogP contribution in [0.1, 0.15) is 81.8 Å². The van der Waals surface area contributed by atoms with Gasteiger partial charge in [0.05, 0.1) is 5.41 Å². The van der Waals surface area contributed by atoms with Gasteiger partial charge >= 0.3 is 0 Å². The predicted molar refractivity (Wildman–Crippen MR) is 256 cm³/mol. The van der Waals surface area contributed by atoms with Crippen LogP contribution in [-0.4, -0.2) is 0 Å². The van der Waals surface area contributed by atoms with Gasteiger partial charge in [0.2, 0.25) is 0 Å². The van der Waals surface area contributed by atoms with Gasteiger partial charge in [-0.05, 0) is 146 Å². The molecule has 0 aromatic heterocycles. The van der Waals surface area contributed by atoms with E-state index in [1.54, 1.807) is 0 Å². The Morgan fingerprint density at radius 3 is 1.30 bits per heavy atom. The molecule has 0 saturated heterocycles. The molecule has 9 rings (SSSR count). The van der Waals surface area contributed by atoms with E-state index in [1.165, 1.54) is 55.6 Å². The molecular formula is C58H54N2. The van der Waals surface area contributed by atoms with Gasteiger partial charge in [-0.1, -0.05) is 163 Å². The number of rotatable bonds is 8. The Kier molecular flexibility index (Phi) is 9.63. The fraction of sp³-hybridized carbons (Fsp3) is 0.172. The molecular weight excluding hydrogens is 725 g/mol. The highest BCUT2D eigenvalue weighted by Gasteiger charge is 2.53. The zero-order valence-electron chi connectivity index (χ0n) is 36.0. The van der Waals surface area contributed by atoms with Crippen molar-refractivity contribution in [2.45, 2.75) is 64.7 Å². The summed E-state index contributed by atoms with van der Waals surface area (Å²) in [5.41, 5.74) is 18.9. The largest absolute Gasteiger partial charge is 0.311 e. The van der Waals surface area contributed by atoms with Crippen molar-refractivity contribution >= 4 is 28.4 Å². The summed E-state index contributed by atoms with van der Waals surface area (Å²) in [6.07, 6.45) is 8.27. The Morgan fingerprint density at radius 2 is 0.867 bits per heavy atom. The summed E-state index contributed by atoms with van der Waals surface area (Å²) in [5.74, 6) is 0. The van der Waals surface area contributed by atoms with E-state index >= 15 is 0 Å². The first-order chi connectivity index (χ1) is 28.9. The molecule has 0 heterocycles. The van der Waals surface area contributed by atoms with Crippen LogP contribution in [0.15, 0.2) is 200 Å². The van der Waals surface area contributed by atoms with Gasteiger partial charge in [-0.3, -0.25) is 0 Å². The third kappa shape index (κ3) is 6.34. The number of hydrogen-bond acceptors (Lipinski definition) is 2. The molecule has 296 valence electrons. The molecule has 0 amide bonds. The van der Waals surface area contributed by atoms with Crippen LogP contribution in [0, 0.1) is 0 Å². The Hall–Kier alpha value is -6.64. The van der Waals surface area contributed by atoms with Crippen molar-refractivity contribution in [2.24, 2.45) is 0 Å². The Balaban J connectivity index is 1.41. The minimum absolute atomic E-state index is 0.0481. The van der Waals surface area contributed by atoms with Crippen molar-refractivity contribution in [3.63, 3.8) is 0 Å². The summed E-state index contributed by atoms with van der Waals surface area (Å²) in [6.45, 7) is 20.4. The lowest BCUT2D eigenvalue weighted by atomic mass is 9.68. The number of allylic oxidation sites excluding steroid dienone is 4. The van der Waals surface area contributed by atoms with E-state index in [1.807, 2.05) is 6.08 Å². The van der Waals surface area contributed by atoms with Crippen LogP contribution in [0.3, 0.4) is 0 Å². The third-order valence-electron chi connectivity index (χ3n) is 12.5. The molecule has 0 saturated carbocycles. The van der Waals surface area contributed by atoms with Crippen LogP contribution < -0.4 is 9.80 Å². The smallest absolute Gasteiger partial charge is 0.0727 e. The second-order valence-electron chi connectivity index (χ2n) is 18.2. The lowest BCUT2D eigenvalue weighted by molar-refractivity contribution is 0.586.